The van der Waals surface area contributed by atoms with E-state index in [2.05, 4.69) is 18.0 Å². The van der Waals surface area contributed by atoms with Gasteiger partial charge >= 0.3 is 0 Å². The van der Waals surface area contributed by atoms with Gasteiger partial charge in [-0.05, 0) is 62.4 Å². The summed E-state index contributed by atoms with van der Waals surface area (Å²) >= 11 is 9.02. The smallest absolute Gasteiger partial charge is 0.259 e. The van der Waals surface area contributed by atoms with Gasteiger partial charge in [-0.2, -0.15) is 0 Å². The number of carbonyl (C=O) groups excluding carboxylic acids is 1. The molecule has 0 saturated carbocycles. The highest BCUT2D eigenvalue weighted by Crippen LogP contribution is 2.11. The molecule has 0 bridgehead atoms. The number of rotatable bonds is 8. The predicted molar refractivity (Wildman–Crippen MR) is 107 cm³/mol. The lowest BCUT2D eigenvalue weighted by Crippen LogP contribution is -2.31. The number of ketones is 1. The van der Waals surface area contributed by atoms with Gasteiger partial charge in [-0.3, -0.25) is 4.79 Å². The summed E-state index contributed by atoms with van der Waals surface area (Å²) in [7, 11) is 0. The molecule has 8 heteroatoms. The van der Waals surface area contributed by atoms with Crippen molar-refractivity contribution in [2.24, 2.45) is 5.73 Å². The second kappa shape index (κ2) is 13.4. The van der Waals surface area contributed by atoms with Gasteiger partial charge in [-0.15, -0.1) is 0 Å². The maximum atomic E-state index is 11.8. The third-order valence-corrected chi connectivity index (χ3v) is 3.63. The van der Waals surface area contributed by atoms with E-state index >= 15 is 0 Å². The molecule has 1 rings (SSSR count). The quantitative estimate of drug-likeness (QED) is 0.587. The van der Waals surface area contributed by atoms with E-state index in [1.54, 1.807) is 12.1 Å². The molecule has 0 spiro atoms. The molecule has 0 aliphatic rings. The maximum absolute atomic E-state index is 11.8. The SMILES string of the molecule is CCN(CC)C(=S)OCCC(=O)CCc1ccc(O)cc1.NC(O)=S. The van der Waals surface area contributed by atoms with Gasteiger partial charge in [0.25, 0.3) is 10.3 Å². The first kappa shape index (κ1) is 23.1. The van der Waals surface area contributed by atoms with E-state index in [1.165, 1.54) is 0 Å². The molecule has 0 saturated heterocycles. The van der Waals surface area contributed by atoms with E-state index in [1.807, 2.05) is 30.9 Å². The Bertz CT molecular complexity index is 542. The van der Waals surface area contributed by atoms with Gasteiger partial charge in [0.15, 0.2) is 0 Å². The molecule has 4 N–H and O–H groups in total. The molecule has 0 amide bonds. The Kier molecular flexibility index (Phi) is 12.3. The van der Waals surface area contributed by atoms with Crippen LogP contribution in [0.1, 0.15) is 32.3 Å². The zero-order valence-corrected chi connectivity index (χ0v) is 16.2. The number of thiocarbonyl (C=S) groups is 2. The van der Waals surface area contributed by atoms with E-state index in [0.29, 0.717) is 31.0 Å². The third-order valence-electron chi connectivity index (χ3n) is 3.26. The second-order valence-corrected chi connectivity index (χ2v) is 5.85. The molecule has 0 unspecified atom stereocenters. The van der Waals surface area contributed by atoms with Crippen molar-refractivity contribution in [2.45, 2.75) is 33.1 Å². The molecule has 0 aromatic heterocycles. The Balaban J connectivity index is 0.00000129. The minimum Gasteiger partial charge on any atom is -0.508 e. The first-order valence-corrected chi connectivity index (χ1v) is 8.81. The summed E-state index contributed by atoms with van der Waals surface area (Å²) in [6.07, 6.45) is 1.53. The number of hydrogen-bond acceptors (Lipinski definition) is 5. The Hall–Kier alpha value is -1.93. The molecule has 0 radical (unpaired) electrons. The second-order valence-electron chi connectivity index (χ2n) is 5.08. The standard InChI is InChI=1S/C16H23NO3S.CH3NOS/c1-3-17(4-2)16(21)20-12-11-15(19)10-7-13-5-8-14(18)9-6-13;2-1(3)4/h5-6,8-9,18H,3-4,7,10-12H2,1-2H3;(H3,2,3,4). The summed E-state index contributed by atoms with van der Waals surface area (Å²) < 4.78 is 5.43. The lowest BCUT2D eigenvalue weighted by molar-refractivity contribution is -0.119. The Labute approximate surface area is 159 Å². The Morgan fingerprint density at radius 3 is 2.16 bits per heavy atom. The normalized spacial score (nSPS) is 9.52. The number of aryl methyl sites for hydroxylation is 1. The maximum Gasteiger partial charge on any atom is 0.259 e. The molecule has 0 aliphatic heterocycles. The number of benzene rings is 1. The van der Waals surface area contributed by atoms with E-state index in [0.717, 1.165) is 18.7 Å². The number of hydrogen-bond donors (Lipinski definition) is 3. The summed E-state index contributed by atoms with van der Waals surface area (Å²) in [6, 6.07) is 6.92. The third kappa shape index (κ3) is 12.1. The number of ether oxygens (including phenoxy) is 1. The number of nitrogens with zero attached hydrogens (tertiary/aromatic N) is 1. The van der Waals surface area contributed by atoms with Crippen molar-refractivity contribution in [3.8, 4) is 5.75 Å². The highest BCUT2D eigenvalue weighted by atomic mass is 32.1. The summed E-state index contributed by atoms with van der Waals surface area (Å²) in [6.45, 7) is 5.99. The average molecular weight is 387 g/mol. The molecule has 0 atom stereocenters. The topological polar surface area (TPSA) is 96.0 Å². The number of aromatic hydroxyl groups is 1. The van der Waals surface area contributed by atoms with E-state index in [-0.39, 0.29) is 11.5 Å². The van der Waals surface area contributed by atoms with Crippen molar-refractivity contribution in [1.29, 1.82) is 0 Å². The minimum atomic E-state index is -0.500. The molecule has 140 valence electrons. The van der Waals surface area contributed by atoms with Crippen LogP contribution in [-0.2, 0) is 16.0 Å². The summed E-state index contributed by atoms with van der Waals surface area (Å²) in [5, 5.41) is 16.7. The van der Waals surface area contributed by atoms with Crippen LogP contribution in [0.15, 0.2) is 24.3 Å². The summed E-state index contributed by atoms with van der Waals surface area (Å²) in [4.78, 5) is 13.7. The van der Waals surface area contributed by atoms with Crippen LogP contribution in [-0.4, -0.2) is 50.9 Å². The number of Topliss-reactive ketones (excluding diaryl/α,β-unsaturated/α-hetero) is 1. The van der Waals surface area contributed by atoms with E-state index in [9.17, 15) is 9.90 Å². The highest BCUT2D eigenvalue weighted by molar-refractivity contribution is 7.80. The van der Waals surface area contributed by atoms with Crippen LogP contribution in [0.25, 0.3) is 0 Å². The fourth-order valence-corrected chi connectivity index (χ4v) is 2.24. The minimum absolute atomic E-state index is 0.158. The number of carbonyl (C=O) groups is 1. The number of nitrogens with two attached hydrogens (primary N) is 1. The molecule has 1 aromatic carbocycles. The summed E-state index contributed by atoms with van der Waals surface area (Å²) in [5.41, 5.74) is 5.44. The largest absolute Gasteiger partial charge is 0.508 e. The fraction of sp³-hybridized carbons (Fsp3) is 0.471. The van der Waals surface area contributed by atoms with Gasteiger partial charge < -0.3 is 25.6 Å². The number of aliphatic hydroxyl groups is 1. The van der Waals surface area contributed by atoms with Crippen LogP contribution in [0.5, 0.6) is 5.75 Å². The van der Waals surface area contributed by atoms with Crippen LogP contribution in [0.2, 0.25) is 0 Å². The molecule has 25 heavy (non-hydrogen) atoms. The van der Waals surface area contributed by atoms with E-state index in [4.69, 9.17) is 22.1 Å². The van der Waals surface area contributed by atoms with Gasteiger partial charge in [-0.1, -0.05) is 12.1 Å². The zero-order chi connectivity index (χ0) is 19.2. The lowest BCUT2D eigenvalue weighted by Gasteiger charge is -2.21. The Morgan fingerprint density at radius 1 is 1.16 bits per heavy atom. The molecule has 0 fully saturated rings. The first-order valence-electron chi connectivity index (χ1n) is 7.99. The van der Waals surface area contributed by atoms with Gasteiger partial charge in [0, 0.05) is 25.9 Å². The van der Waals surface area contributed by atoms with Crippen molar-refractivity contribution in [1.82, 2.24) is 4.90 Å². The predicted octanol–water partition coefficient (Wildman–Crippen LogP) is 2.72. The van der Waals surface area contributed by atoms with Crippen LogP contribution in [0.4, 0.5) is 0 Å². The molecule has 0 aliphatic carbocycles. The zero-order valence-electron chi connectivity index (χ0n) is 14.6. The monoisotopic (exact) mass is 386 g/mol. The highest BCUT2D eigenvalue weighted by Gasteiger charge is 2.08. The number of phenolic OH excluding ortho intramolecular Hbond substituents is 1. The Morgan fingerprint density at radius 2 is 1.68 bits per heavy atom. The summed E-state index contributed by atoms with van der Waals surface area (Å²) in [5.74, 6) is 0.397. The molecule has 6 nitrogen and oxygen atoms in total. The van der Waals surface area contributed by atoms with Crippen molar-refractivity contribution >= 4 is 40.6 Å². The van der Waals surface area contributed by atoms with E-state index < -0.39 is 5.17 Å². The van der Waals surface area contributed by atoms with Gasteiger partial charge in [0.2, 0.25) is 0 Å². The average Bonchev–Trinajstić information content (AvgIpc) is 2.55. The van der Waals surface area contributed by atoms with Crippen LogP contribution >= 0.6 is 24.4 Å². The molecular formula is C17H26N2O4S2. The van der Waals surface area contributed by atoms with Gasteiger partial charge in [-0.25, -0.2) is 0 Å². The van der Waals surface area contributed by atoms with Crippen molar-refractivity contribution in [2.75, 3.05) is 19.7 Å². The van der Waals surface area contributed by atoms with Gasteiger partial charge in [0.05, 0.1) is 6.61 Å². The van der Waals surface area contributed by atoms with Crippen molar-refractivity contribution in [3.05, 3.63) is 29.8 Å². The molecule has 0 heterocycles. The van der Waals surface area contributed by atoms with Crippen LogP contribution in [0, 0.1) is 0 Å². The lowest BCUT2D eigenvalue weighted by atomic mass is 10.1. The van der Waals surface area contributed by atoms with Crippen molar-refractivity contribution < 1.29 is 19.7 Å². The first-order chi connectivity index (χ1) is 11.8. The van der Waals surface area contributed by atoms with Crippen LogP contribution < -0.4 is 5.73 Å². The number of phenols is 1. The van der Waals surface area contributed by atoms with Crippen molar-refractivity contribution in [3.63, 3.8) is 0 Å². The van der Waals surface area contributed by atoms with Gasteiger partial charge in [0.1, 0.15) is 11.5 Å². The fourth-order valence-electron chi connectivity index (χ4n) is 1.90. The van der Waals surface area contributed by atoms with Crippen LogP contribution in [0.3, 0.4) is 0 Å². The molecular weight excluding hydrogens is 360 g/mol. The molecule has 1 aromatic rings. The number of aliphatic hydroxyl groups excluding tert-OH is 1.